The van der Waals surface area contributed by atoms with E-state index in [0.29, 0.717) is 12.2 Å². The van der Waals surface area contributed by atoms with E-state index in [1.807, 2.05) is 18.2 Å². The molecule has 0 aliphatic heterocycles. The van der Waals surface area contributed by atoms with Gasteiger partial charge in [-0.2, -0.15) is 5.26 Å². The largest absolute Gasteiger partial charge is 0.491 e. The topological polar surface area (TPSA) is 59.3 Å². The van der Waals surface area contributed by atoms with Crippen LogP contribution in [0.25, 0.3) is 11.1 Å². The first kappa shape index (κ1) is 33.6. The Morgan fingerprint density at radius 2 is 1.40 bits per heavy atom. The molecule has 0 unspecified atom stereocenters. The Kier molecular flexibility index (Phi) is 14.9. The molecular formula is C37H52FNO3. The summed E-state index contributed by atoms with van der Waals surface area (Å²) in [5.74, 6) is -0.431. The number of halogens is 1. The molecule has 0 atom stereocenters. The van der Waals surface area contributed by atoms with E-state index in [2.05, 4.69) is 19.9 Å². The molecule has 1 saturated carbocycles. The molecule has 3 rings (SSSR count). The smallest absolute Gasteiger partial charge is 0.338 e. The summed E-state index contributed by atoms with van der Waals surface area (Å²) in [7, 11) is 0. The third kappa shape index (κ3) is 11.1. The van der Waals surface area contributed by atoms with Gasteiger partial charge in [-0.15, -0.1) is 0 Å². The standard InChI is InChI=1S/C37H52FNO3/c1-3-5-7-9-10-11-13-15-27-41-35-21-20-32(28-34(35)38)30-16-18-31(19-17-30)36(40)42-33-22-25-37(29-39,26-23-33)24-14-12-8-6-4-2/h16-21,28,33H,3-15,22-27H2,1-2H3. The number of hydrogen-bond acceptors (Lipinski definition) is 4. The molecule has 4 nitrogen and oxygen atoms in total. The molecule has 0 saturated heterocycles. The van der Waals surface area contributed by atoms with E-state index in [0.717, 1.165) is 62.5 Å². The number of hydrogen-bond donors (Lipinski definition) is 0. The van der Waals surface area contributed by atoms with Crippen LogP contribution in [0.3, 0.4) is 0 Å². The molecule has 0 amide bonds. The highest BCUT2D eigenvalue weighted by molar-refractivity contribution is 5.90. The molecule has 1 aliphatic carbocycles. The maximum absolute atomic E-state index is 14.7. The molecule has 0 spiro atoms. The fraction of sp³-hybridized carbons (Fsp3) is 0.622. The van der Waals surface area contributed by atoms with Crippen LogP contribution >= 0.6 is 0 Å². The van der Waals surface area contributed by atoms with Gasteiger partial charge < -0.3 is 9.47 Å². The Labute approximate surface area is 254 Å². The summed E-state index contributed by atoms with van der Waals surface area (Å²) in [6, 6.07) is 14.7. The maximum Gasteiger partial charge on any atom is 0.338 e. The fourth-order valence-corrected chi connectivity index (χ4v) is 5.98. The van der Waals surface area contributed by atoms with Gasteiger partial charge in [0, 0.05) is 0 Å². The zero-order valence-corrected chi connectivity index (χ0v) is 26.1. The van der Waals surface area contributed by atoms with Crippen LogP contribution in [0.2, 0.25) is 0 Å². The second kappa shape index (κ2) is 18.6. The molecule has 1 aliphatic rings. The summed E-state index contributed by atoms with van der Waals surface area (Å²) >= 11 is 0. The first-order chi connectivity index (χ1) is 20.5. The van der Waals surface area contributed by atoms with Gasteiger partial charge in [-0.3, -0.25) is 0 Å². The van der Waals surface area contributed by atoms with Crippen molar-refractivity contribution in [2.24, 2.45) is 5.41 Å². The number of nitrogens with zero attached hydrogens (tertiary/aromatic N) is 1. The molecule has 0 bridgehead atoms. The number of benzene rings is 2. The summed E-state index contributed by atoms with van der Waals surface area (Å²) in [6.45, 7) is 4.97. The number of unbranched alkanes of at least 4 members (excludes halogenated alkanes) is 11. The minimum absolute atomic E-state index is 0.147. The van der Waals surface area contributed by atoms with E-state index in [-0.39, 0.29) is 29.1 Å². The van der Waals surface area contributed by atoms with E-state index in [1.54, 1.807) is 18.2 Å². The van der Waals surface area contributed by atoms with Crippen molar-refractivity contribution in [2.75, 3.05) is 6.61 Å². The van der Waals surface area contributed by atoms with Gasteiger partial charge >= 0.3 is 5.97 Å². The van der Waals surface area contributed by atoms with Crippen LogP contribution in [-0.2, 0) is 4.74 Å². The lowest BCUT2D eigenvalue weighted by atomic mass is 9.71. The highest BCUT2D eigenvalue weighted by Gasteiger charge is 2.36. The lowest BCUT2D eigenvalue weighted by molar-refractivity contribution is 0.0105. The number of carbonyl (C=O) groups is 1. The van der Waals surface area contributed by atoms with Gasteiger partial charge in [-0.25, -0.2) is 9.18 Å². The summed E-state index contributed by atoms with van der Waals surface area (Å²) in [5.41, 5.74) is 1.79. The number of ether oxygens (including phenoxy) is 2. The van der Waals surface area contributed by atoms with Crippen LogP contribution < -0.4 is 4.74 Å². The van der Waals surface area contributed by atoms with Crippen molar-refractivity contribution in [1.82, 2.24) is 0 Å². The van der Waals surface area contributed by atoms with Gasteiger partial charge in [-0.1, -0.05) is 109 Å². The number of nitriles is 1. The van der Waals surface area contributed by atoms with Gasteiger partial charge in [0.05, 0.1) is 23.7 Å². The number of esters is 1. The van der Waals surface area contributed by atoms with Gasteiger partial charge in [0.1, 0.15) is 6.10 Å². The number of rotatable bonds is 19. The molecule has 0 radical (unpaired) electrons. The highest BCUT2D eigenvalue weighted by atomic mass is 19.1. The van der Waals surface area contributed by atoms with Crippen molar-refractivity contribution in [3.63, 3.8) is 0 Å². The van der Waals surface area contributed by atoms with Crippen LogP contribution in [0.1, 0.15) is 140 Å². The van der Waals surface area contributed by atoms with Crippen molar-refractivity contribution in [3.8, 4) is 22.9 Å². The van der Waals surface area contributed by atoms with Crippen molar-refractivity contribution in [2.45, 2.75) is 136 Å². The highest BCUT2D eigenvalue weighted by Crippen LogP contribution is 2.41. The zero-order chi connectivity index (χ0) is 30.0. The van der Waals surface area contributed by atoms with Crippen LogP contribution in [0.4, 0.5) is 4.39 Å². The van der Waals surface area contributed by atoms with Gasteiger partial charge in [-0.05, 0) is 73.9 Å². The van der Waals surface area contributed by atoms with E-state index < -0.39 is 0 Å². The SMILES string of the molecule is CCCCCCCCCCOc1ccc(-c2ccc(C(=O)OC3CCC(C#N)(CCCCCCC)CC3)cc2)cc1F. The monoisotopic (exact) mass is 577 g/mol. The summed E-state index contributed by atoms with van der Waals surface area (Å²) in [6.07, 6.45) is 19.6. The second-order valence-corrected chi connectivity index (χ2v) is 12.2. The Morgan fingerprint density at radius 1 is 0.833 bits per heavy atom. The number of carbonyl (C=O) groups excluding carboxylic acids is 1. The third-order valence-corrected chi connectivity index (χ3v) is 8.80. The lowest BCUT2D eigenvalue weighted by Gasteiger charge is -2.34. The molecule has 0 N–H and O–H groups in total. The summed E-state index contributed by atoms with van der Waals surface area (Å²) < 4.78 is 26.2. The van der Waals surface area contributed by atoms with Crippen molar-refractivity contribution < 1.29 is 18.7 Å². The molecule has 42 heavy (non-hydrogen) atoms. The molecule has 230 valence electrons. The van der Waals surface area contributed by atoms with Crippen LogP contribution in [0.5, 0.6) is 5.75 Å². The molecule has 2 aromatic carbocycles. The van der Waals surface area contributed by atoms with E-state index in [1.165, 1.54) is 70.3 Å². The molecule has 5 heteroatoms. The molecule has 1 fully saturated rings. The Hall–Kier alpha value is -2.87. The van der Waals surface area contributed by atoms with Crippen molar-refractivity contribution >= 4 is 5.97 Å². The van der Waals surface area contributed by atoms with E-state index >= 15 is 0 Å². The van der Waals surface area contributed by atoms with Gasteiger partial charge in [0.2, 0.25) is 0 Å². The molecule has 2 aromatic rings. The normalized spacial score (nSPS) is 18.4. The van der Waals surface area contributed by atoms with E-state index in [4.69, 9.17) is 9.47 Å². The minimum atomic E-state index is -0.373. The Balaban J connectivity index is 1.41. The molecular weight excluding hydrogens is 525 g/mol. The first-order valence-corrected chi connectivity index (χ1v) is 16.7. The minimum Gasteiger partial charge on any atom is -0.491 e. The fourth-order valence-electron chi connectivity index (χ4n) is 5.98. The van der Waals surface area contributed by atoms with Gasteiger partial charge in [0.25, 0.3) is 0 Å². The lowest BCUT2D eigenvalue weighted by Crippen LogP contribution is -2.31. The predicted molar refractivity (Wildman–Crippen MR) is 169 cm³/mol. The maximum atomic E-state index is 14.7. The van der Waals surface area contributed by atoms with E-state index in [9.17, 15) is 14.4 Å². The first-order valence-electron chi connectivity index (χ1n) is 16.7. The Morgan fingerprint density at radius 3 is 2.00 bits per heavy atom. The summed E-state index contributed by atoms with van der Waals surface area (Å²) in [4.78, 5) is 12.8. The average molecular weight is 578 g/mol. The van der Waals surface area contributed by atoms with Crippen molar-refractivity contribution in [3.05, 3.63) is 53.8 Å². The summed E-state index contributed by atoms with van der Waals surface area (Å²) in [5, 5.41) is 9.85. The van der Waals surface area contributed by atoms with Crippen LogP contribution in [-0.4, -0.2) is 18.7 Å². The quantitative estimate of drug-likeness (QED) is 0.123. The predicted octanol–water partition coefficient (Wildman–Crippen LogP) is 11.0. The van der Waals surface area contributed by atoms with Crippen LogP contribution in [0.15, 0.2) is 42.5 Å². The van der Waals surface area contributed by atoms with Crippen LogP contribution in [0, 0.1) is 22.6 Å². The van der Waals surface area contributed by atoms with Crippen molar-refractivity contribution in [1.29, 1.82) is 5.26 Å². The molecule has 0 aromatic heterocycles. The Bertz CT molecular complexity index is 1100. The third-order valence-electron chi connectivity index (χ3n) is 8.80. The zero-order valence-electron chi connectivity index (χ0n) is 26.1. The molecule has 0 heterocycles. The average Bonchev–Trinajstić information content (AvgIpc) is 3.01. The second-order valence-electron chi connectivity index (χ2n) is 12.2. The van der Waals surface area contributed by atoms with Gasteiger partial charge in [0.15, 0.2) is 11.6 Å².